The maximum Gasteiger partial charge on any atom is 0.247 e. The number of rotatable bonds is 5. The molecule has 156 valence electrons. The molecule has 1 aliphatic carbocycles. The number of aliphatic hydroxyl groups is 1. The third kappa shape index (κ3) is 3.76. The first-order valence-corrected chi connectivity index (χ1v) is 10.1. The first kappa shape index (κ1) is 21.3. The largest absolute Gasteiger partial charge is 0.394 e. The highest BCUT2D eigenvalue weighted by Crippen LogP contribution is 2.44. The van der Waals surface area contributed by atoms with Gasteiger partial charge in [-0.15, -0.1) is 0 Å². The molecule has 1 aromatic rings. The number of nitrogens with one attached hydrogen (secondary N) is 2. The van der Waals surface area contributed by atoms with Gasteiger partial charge in [0.2, 0.25) is 17.7 Å². The number of carbonyl (C=O) groups is 3. The van der Waals surface area contributed by atoms with Crippen molar-refractivity contribution in [2.75, 3.05) is 19.0 Å². The minimum atomic E-state index is -0.846. The smallest absolute Gasteiger partial charge is 0.247 e. The molecular formula is C21H26ClN3O4. The lowest BCUT2D eigenvalue weighted by Crippen LogP contribution is -2.49. The highest BCUT2D eigenvalue weighted by molar-refractivity contribution is 6.33. The maximum atomic E-state index is 13.3. The summed E-state index contributed by atoms with van der Waals surface area (Å²) in [4.78, 5) is 40.5. The Morgan fingerprint density at radius 3 is 2.55 bits per heavy atom. The molecule has 8 heteroatoms. The Labute approximate surface area is 175 Å². The van der Waals surface area contributed by atoms with Gasteiger partial charge in [0, 0.05) is 13.0 Å². The van der Waals surface area contributed by atoms with Gasteiger partial charge in [-0.05, 0) is 25.0 Å². The number of benzene rings is 1. The van der Waals surface area contributed by atoms with Crippen LogP contribution in [0, 0.1) is 23.7 Å². The SMILES string of the molecule is CNC(=O)[C@H]1[C@@H]2C(=O)N([C@H](C)CO)[C@H](C(=O)Nc3ccccc3Cl)[C@H]2C=C[C@H]1C. The molecule has 3 amide bonds. The van der Waals surface area contributed by atoms with E-state index >= 15 is 0 Å². The number of carbonyl (C=O) groups excluding carboxylic acids is 3. The Hall–Kier alpha value is -2.38. The number of allylic oxidation sites excluding steroid dienone is 1. The van der Waals surface area contributed by atoms with Crippen molar-refractivity contribution < 1.29 is 19.5 Å². The lowest BCUT2D eigenvalue weighted by Gasteiger charge is -2.32. The first-order chi connectivity index (χ1) is 13.8. The van der Waals surface area contributed by atoms with Gasteiger partial charge in [0.1, 0.15) is 6.04 Å². The van der Waals surface area contributed by atoms with E-state index in [1.165, 1.54) is 11.9 Å². The molecule has 0 spiro atoms. The van der Waals surface area contributed by atoms with Crippen LogP contribution in [0.3, 0.4) is 0 Å². The fourth-order valence-electron chi connectivity index (χ4n) is 4.44. The number of hydrogen-bond donors (Lipinski definition) is 3. The summed E-state index contributed by atoms with van der Waals surface area (Å²) in [7, 11) is 1.54. The quantitative estimate of drug-likeness (QED) is 0.632. The van der Waals surface area contributed by atoms with Gasteiger partial charge in [-0.2, -0.15) is 0 Å². The van der Waals surface area contributed by atoms with Crippen molar-refractivity contribution in [3.8, 4) is 0 Å². The van der Waals surface area contributed by atoms with E-state index < -0.39 is 35.7 Å². The van der Waals surface area contributed by atoms with Gasteiger partial charge >= 0.3 is 0 Å². The summed E-state index contributed by atoms with van der Waals surface area (Å²) in [6.07, 6.45) is 3.74. The fourth-order valence-corrected chi connectivity index (χ4v) is 4.63. The summed E-state index contributed by atoms with van der Waals surface area (Å²) in [6, 6.07) is 5.44. The Bertz CT molecular complexity index is 843. The van der Waals surface area contributed by atoms with Crippen LogP contribution in [0.5, 0.6) is 0 Å². The normalized spacial score (nSPS) is 29.3. The Kier molecular flexibility index (Phi) is 6.29. The molecule has 1 aliphatic heterocycles. The Balaban J connectivity index is 2.00. The molecule has 3 N–H and O–H groups in total. The third-order valence-corrected chi connectivity index (χ3v) is 6.23. The minimum Gasteiger partial charge on any atom is -0.394 e. The second-order valence-corrected chi connectivity index (χ2v) is 8.09. The van der Waals surface area contributed by atoms with Crippen molar-refractivity contribution in [2.45, 2.75) is 25.9 Å². The molecule has 29 heavy (non-hydrogen) atoms. The number of para-hydroxylation sites is 1. The lowest BCUT2D eigenvalue weighted by molar-refractivity contribution is -0.142. The zero-order valence-corrected chi connectivity index (χ0v) is 17.4. The van der Waals surface area contributed by atoms with E-state index in [0.717, 1.165) is 0 Å². The molecule has 1 fully saturated rings. The molecule has 1 saturated heterocycles. The topological polar surface area (TPSA) is 98.7 Å². The summed E-state index contributed by atoms with van der Waals surface area (Å²) in [6.45, 7) is 3.29. The van der Waals surface area contributed by atoms with Crippen molar-refractivity contribution in [3.05, 3.63) is 41.4 Å². The average Bonchev–Trinajstić information content (AvgIpc) is 3.01. The van der Waals surface area contributed by atoms with Gasteiger partial charge in [-0.3, -0.25) is 14.4 Å². The fraction of sp³-hybridized carbons (Fsp3) is 0.476. The number of anilines is 1. The summed E-state index contributed by atoms with van der Waals surface area (Å²) in [5.74, 6) is -2.77. The molecule has 0 saturated carbocycles. The summed E-state index contributed by atoms with van der Waals surface area (Å²) in [5, 5.41) is 15.5. The van der Waals surface area contributed by atoms with Crippen LogP contribution in [-0.2, 0) is 14.4 Å². The van der Waals surface area contributed by atoms with Gasteiger partial charge in [0.15, 0.2) is 0 Å². The van der Waals surface area contributed by atoms with Gasteiger partial charge in [0.25, 0.3) is 0 Å². The molecule has 0 radical (unpaired) electrons. The van der Waals surface area contributed by atoms with E-state index in [2.05, 4.69) is 10.6 Å². The zero-order chi connectivity index (χ0) is 21.3. The number of likely N-dealkylation sites (tertiary alicyclic amines) is 1. The average molecular weight is 420 g/mol. The van der Waals surface area contributed by atoms with Gasteiger partial charge in [-0.25, -0.2) is 0 Å². The maximum absolute atomic E-state index is 13.3. The molecule has 3 rings (SSSR count). The zero-order valence-electron chi connectivity index (χ0n) is 16.6. The first-order valence-electron chi connectivity index (χ1n) is 9.70. The number of halogens is 1. The second kappa shape index (κ2) is 8.55. The molecule has 7 nitrogen and oxygen atoms in total. The Morgan fingerprint density at radius 2 is 1.93 bits per heavy atom. The predicted molar refractivity (Wildman–Crippen MR) is 110 cm³/mol. The van der Waals surface area contributed by atoms with Crippen molar-refractivity contribution in [2.24, 2.45) is 23.7 Å². The Morgan fingerprint density at radius 1 is 1.24 bits per heavy atom. The third-order valence-electron chi connectivity index (χ3n) is 5.90. The van der Waals surface area contributed by atoms with Crippen molar-refractivity contribution >= 4 is 35.0 Å². The molecule has 6 atom stereocenters. The van der Waals surface area contributed by atoms with Crippen molar-refractivity contribution in [1.29, 1.82) is 0 Å². The van der Waals surface area contributed by atoms with E-state index in [-0.39, 0.29) is 24.3 Å². The van der Waals surface area contributed by atoms with Crippen LogP contribution in [0.25, 0.3) is 0 Å². The van der Waals surface area contributed by atoms with Crippen LogP contribution < -0.4 is 10.6 Å². The molecule has 1 aromatic carbocycles. The van der Waals surface area contributed by atoms with Crippen LogP contribution in [0.4, 0.5) is 5.69 Å². The predicted octanol–water partition coefficient (Wildman–Crippen LogP) is 1.67. The number of amides is 3. The number of nitrogens with zero attached hydrogens (tertiary/aromatic N) is 1. The molecule has 2 aliphatic rings. The van der Waals surface area contributed by atoms with E-state index in [1.807, 2.05) is 19.1 Å². The van der Waals surface area contributed by atoms with E-state index in [1.54, 1.807) is 31.2 Å². The van der Waals surface area contributed by atoms with Gasteiger partial charge < -0.3 is 20.6 Å². The van der Waals surface area contributed by atoms with E-state index in [0.29, 0.717) is 10.7 Å². The number of aliphatic hydroxyl groups excluding tert-OH is 1. The summed E-state index contributed by atoms with van der Waals surface area (Å²) >= 11 is 6.17. The number of fused-ring (bicyclic) bond motifs is 1. The molecule has 0 bridgehead atoms. The van der Waals surface area contributed by atoms with Crippen LogP contribution in [0.2, 0.25) is 5.02 Å². The van der Waals surface area contributed by atoms with Crippen LogP contribution in [0.15, 0.2) is 36.4 Å². The molecule has 1 heterocycles. The monoisotopic (exact) mass is 419 g/mol. The lowest BCUT2D eigenvalue weighted by atomic mass is 9.70. The molecular weight excluding hydrogens is 394 g/mol. The van der Waals surface area contributed by atoms with Crippen LogP contribution in [0.1, 0.15) is 13.8 Å². The molecule has 0 aromatic heterocycles. The standard InChI is InChI=1S/C21H26ClN3O4/c1-11-8-9-13-17(16(11)19(27)23-3)21(29)25(12(2)10-26)18(13)20(28)24-15-7-5-4-6-14(15)22/h4-9,11-13,16-18,26H,10H2,1-3H3,(H,23,27)(H,24,28)/t11-,12-,13+,16-,17-,18+/m1/s1. The van der Waals surface area contributed by atoms with Crippen LogP contribution >= 0.6 is 11.6 Å². The summed E-state index contributed by atoms with van der Waals surface area (Å²) in [5.41, 5.74) is 0.447. The van der Waals surface area contributed by atoms with Crippen molar-refractivity contribution in [3.63, 3.8) is 0 Å². The highest BCUT2D eigenvalue weighted by atomic mass is 35.5. The van der Waals surface area contributed by atoms with Crippen molar-refractivity contribution in [1.82, 2.24) is 10.2 Å². The highest BCUT2D eigenvalue weighted by Gasteiger charge is 2.57. The second-order valence-electron chi connectivity index (χ2n) is 7.68. The van der Waals surface area contributed by atoms with E-state index in [9.17, 15) is 19.5 Å². The number of hydrogen-bond acceptors (Lipinski definition) is 4. The summed E-state index contributed by atoms with van der Waals surface area (Å²) < 4.78 is 0. The minimum absolute atomic E-state index is 0.142. The molecule has 0 unspecified atom stereocenters. The van der Waals surface area contributed by atoms with E-state index in [4.69, 9.17) is 11.6 Å². The van der Waals surface area contributed by atoms with Gasteiger partial charge in [-0.1, -0.05) is 42.8 Å². The van der Waals surface area contributed by atoms with Gasteiger partial charge in [0.05, 0.1) is 35.2 Å². The van der Waals surface area contributed by atoms with Crippen LogP contribution in [-0.4, -0.2) is 53.5 Å².